The van der Waals surface area contributed by atoms with Crippen LogP contribution in [0, 0.1) is 5.82 Å². The zero-order valence-corrected chi connectivity index (χ0v) is 11.1. The summed E-state index contributed by atoms with van der Waals surface area (Å²) in [6, 6.07) is 8.85. The number of hydrogen-bond acceptors (Lipinski definition) is 3. The second-order valence-corrected chi connectivity index (χ2v) is 4.45. The topological polar surface area (TPSA) is 42.4 Å². The summed E-state index contributed by atoms with van der Waals surface area (Å²) in [7, 11) is 0. The highest BCUT2D eigenvalue weighted by atomic mass is 19.1. The maximum Gasteiger partial charge on any atom is 0.125 e. The van der Waals surface area contributed by atoms with Gasteiger partial charge in [-0.25, -0.2) is 4.39 Å². The van der Waals surface area contributed by atoms with Gasteiger partial charge in [0.2, 0.25) is 0 Å². The highest BCUT2D eigenvalue weighted by Crippen LogP contribution is 2.21. The van der Waals surface area contributed by atoms with E-state index in [0.29, 0.717) is 19.5 Å². The van der Waals surface area contributed by atoms with Crippen molar-refractivity contribution in [2.45, 2.75) is 19.9 Å². The van der Waals surface area contributed by atoms with Gasteiger partial charge >= 0.3 is 0 Å². The van der Waals surface area contributed by atoms with Gasteiger partial charge in [0.15, 0.2) is 0 Å². The summed E-state index contributed by atoms with van der Waals surface area (Å²) in [5.41, 5.74) is 7.32. The average Bonchev–Trinajstić information content (AvgIpc) is 2.88. The normalized spacial score (nSPS) is 10.7. The van der Waals surface area contributed by atoms with Gasteiger partial charge in [-0.3, -0.25) is 0 Å². The standard InChI is InChI=1S/C15H19FN2O/c1-2-18(11-15-4-3-7-19-15)14-9-12(5-6-17)8-13(16)10-14/h3-4,7-10H,2,5-6,11,17H2,1H3. The number of rotatable bonds is 6. The van der Waals surface area contributed by atoms with Gasteiger partial charge in [-0.1, -0.05) is 0 Å². The van der Waals surface area contributed by atoms with E-state index >= 15 is 0 Å². The molecule has 0 radical (unpaired) electrons. The van der Waals surface area contributed by atoms with E-state index in [1.807, 2.05) is 25.1 Å². The van der Waals surface area contributed by atoms with Crippen LogP contribution in [0.15, 0.2) is 41.0 Å². The molecule has 0 bridgehead atoms. The highest BCUT2D eigenvalue weighted by Gasteiger charge is 2.09. The van der Waals surface area contributed by atoms with E-state index in [1.165, 1.54) is 6.07 Å². The van der Waals surface area contributed by atoms with Crippen molar-refractivity contribution < 1.29 is 8.81 Å². The number of hydrogen-bond donors (Lipinski definition) is 1. The molecule has 0 fully saturated rings. The molecule has 0 unspecified atom stereocenters. The van der Waals surface area contributed by atoms with Gasteiger partial charge in [0.05, 0.1) is 12.8 Å². The Bertz CT molecular complexity index is 511. The van der Waals surface area contributed by atoms with Crippen LogP contribution < -0.4 is 10.6 Å². The molecule has 0 amide bonds. The van der Waals surface area contributed by atoms with Crippen LogP contribution in [0.4, 0.5) is 10.1 Å². The molecule has 102 valence electrons. The van der Waals surface area contributed by atoms with Crippen LogP contribution in [0.1, 0.15) is 18.2 Å². The molecule has 3 nitrogen and oxygen atoms in total. The molecular weight excluding hydrogens is 243 g/mol. The second kappa shape index (κ2) is 6.38. The lowest BCUT2D eigenvalue weighted by molar-refractivity contribution is 0.503. The summed E-state index contributed by atoms with van der Waals surface area (Å²) in [5, 5.41) is 0. The first-order chi connectivity index (χ1) is 9.22. The molecule has 2 rings (SSSR count). The number of furan rings is 1. The minimum atomic E-state index is -0.223. The lowest BCUT2D eigenvalue weighted by Gasteiger charge is -2.22. The smallest absolute Gasteiger partial charge is 0.125 e. The molecular formula is C15H19FN2O. The molecule has 0 saturated carbocycles. The zero-order chi connectivity index (χ0) is 13.7. The fourth-order valence-electron chi connectivity index (χ4n) is 2.10. The first kappa shape index (κ1) is 13.6. The number of benzene rings is 1. The first-order valence-electron chi connectivity index (χ1n) is 6.49. The van der Waals surface area contributed by atoms with Crippen LogP contribution >= 0.6 is 0 Å². The Morgan fingerprint density at radius 3 is 2.79 bits per heavy atom. The van der Waals surface area contributed by atoms with Crippen molar-refractivity contribution in [1.29, 1.82) is 0 Å². The molecule has 0 spiro atoms. The van der Waals surface area contributed by atoms with Crippen molar-refractivity contribution >= 4 is 5.69 Å². The van der Waals surface area contributed by atoms with E-state index in [2.05, 4.69) is 4.90 Å². The van der Waals surface area contributed by atoms with Crippen molar-refractivity contribution in [3.8, 4) is 0 Å². The van der Waals surface area contributed by atoms with Crippen LogP contribution in [0.3, 0.4) is 0 Å². The van der Waals surface area contributed by atoms with Gasteiger partial charge in [-0.2, -0.15) is 0 Å². The number of nitrogens with zero attached hydrogens (tertiary/aromatic N) is 1. The molecule has 0 atom stereocenters. The Morgan fingerprint density at radius 2 is 2.16 bits per heavy atom. The summed E-state index contributed by atoms with van der Waals surface area (Å²) in [5.74, 6) is 0.644. The molecule has 2 aromatic rings. The molecule has 0 aliphatic carbocycles. The lowest BCUT2D eigenvalue weighted by Crippen LogP contribution is -2.22. The van der Waals surface area contributed by atoms with Gasteiger partial charge < -0.3 is 15.1 Å². The van der Waals surface area contributed by atoms with E-state index in [4.69, 9.17) is 10.2 Å². The summed E-state index contributed by atoms with van der Waals surface area (Å²) >= 11 is 0. The quantitative estimate of drug-likeness (QED) is 0.870. The van der Waals surface area contributed by atoms with Crippen molar-refractivity contribution in [1.82, 2.24) is 0 Å². The molecule has 1 aromatic carbocycles. The van der Waals surface area contributed by atoms with Crippen molar-refractivity contribution in [2.24, 2.45) is 5.73 Å². The Kier molecular flexibility index (Phi) is 4.58. The third-order valence-electron chi connectivity index (χ3n) is 3.05. The monoisotopic (exact) mass is 262 g/mol. The fourth-order valence-corrected chi connectivity index (χ4v) is 2.10. The maximum absolute atomic E-state index is 13.6. The van der Waals surface area contributed by atoms with Crippen LogP contribution in [-0.2, 0) is 13.0 Å². The van der Waals surface area contributed by atoms with E-state index in [0.717, 1.165) is 23.6 Å². The number of nitrogens with two attached hydrogens (primary N) is 1. The third kappa shape index (κ3) is 3.58. The van der Waals surface area contributed by atoms with E-state index < -0.39 is 0 Å². The summed E-state index contributed by atoms with van der Waals surface area (Å²) in [6.45, 7) is 3.98. The van der Waals surface area contributed by atoms with Crippen LogP contribution in [0.2, 0.25) is 0 Å². The predicted molar refractivity (Wildman–Crippen MR) is 74.6 cm³/mol. The van der Waals surface area contributed by atoms with Crippen molar-refractivity contribution in [3.63, 3.8) is 0 Å². The Balaban J connectivity index is 2.21. The zero-order valence-electron chi connectivity index (χ0n) is 11.1. The Labute approximate surface area is 112 Å². The van der Waals surface area contributed by atoms with Crippen LogP contribution in [-0.4, -0.2) is 13.1 Å². The highest BCUT2D eigenvalue weighted by molar-refractivity contribution is 5.49. The minimum Gasteiger partial charge on any atom is -0.467 e. The lowest BCUT2D eigenvalue weighted by atomic mass is 10.1. The van der Waals surface area contributed by atoms with Gasteiger partial charge in [-0.15, -0.1) is 0 Å². The molecule has 0 aliphatic rings. The number of halogens is 1. The van der Waals surface area contributed by atoms with E-state index in [-0.39, 0.29) is 5.82 Å². The Morgan fingerprint density at radius 1 is 1.32 bits per heavy atom. The molecule has 19 heavy (non-hydrogen) atoms. The summed E-state index contributed by atoms with van der Waals surface area (Å²) in [4.78, 5) is 2.07. The van der Waals surface area contributed by atoms with Crippen LogP contribution in [0.5, 0.6) is 0 Å². The average molecular weight is 262 g/mol. The van der Waals surface area contributed by atoms with E-state index in [9.17, 15) is 4.39 Å². The third-order valence-corrected chi connectivity index (χ3v) is 3.05. The van der Waals surface area contributed by atoms with Crippen LogP contribution in [0.25, 0.3) is 0 Å². The van der Waals surface area contributed by atoms with Crippen molar-refractivity contribution in [3.05, 3.63) is 53.7 Å². The summed E-state index contributed by atoms with van der Waals surface area (Å²) in [6.07, 6.45) is 2.33. The Hall–Kier alpha value is -1.81. The predicted octanol–water partition coefficient (Wildman–Crippen LogP) is 2.95. The maximum atomic E-state index is 13.6. The number of anilines is 1. The molecule has 2 N–H and O–H groups in total. The molecule has 4 heteroatoms. The summed E-state index contributed by atoms with van der Waals surface area (Å²) < 4.78 is 19.0. The van der Waals surface area contributed by atoms with Crippen molar-refractivity contribution in [2.75, 3.05) is 18.0 Å². The van der Waals surface area contributed by atoms with Gasteiger partial charge in [0.25, 0.3) is 0 Å². The SMILES string of the molecule is CCN(Cc1ccco1)c1cc(F)cc(CCN)c1. The van der Waals surface area contributed by atoms with Gasteiger partial charge in [-0.05, 0) is 55.8 Å². The second-order valence-electron chi connectivity index (χ2n) is 4.45. The largest absolute Gasteiger partial charge is 0.467 e. The molecule has 1 aromatic heterocycles. The molecule has 1 heterocycles. The molecule has 0 aliphatic heterocycles. The minimum absolute atomic E-state index is 0.223. The van der Waals surface area contributed by atoms with Gasteiger partial charge in [0.1, 0.15) is 11.6 Å². The fraction of sp³-hybridized carbons (Fsp3) is 0.333. The van der Waals surface area contributed by atoms with Gasteiger partial charge in [0, 0.05) is 12.2 Å². The molecule has 0 saturated heterocycles. The van der Waals surface area contributed by atoms with E-state index in [1.54, 1.807) is 12.3 Å². The first-order valence-corrected chi connectivity index (χ1v) is 6.49.